The van der Waals surface area contributed by atoms with Crippen molar-refractivity contribution in [1.82, 2.24) is 10.7 Å². The SMILES string of the molecule is O=C(Oc1ccc(/C=N\NC(=S)NC2CCCCC2)cc1)c1ccccc1Br. The van der Waals surface area contributed by atoms with Crippen molar-refractivity contribution in [2.75, 3.05) is 0 Å². The summed E-state index contributed by atoms with van der Waals surface area (Å²) in [5, 5.41) is 8.01. The molecular formula is C21H22BrN3O2S. The highest BCUT2D eigenvalue weighted by molar-refractivity contribution is 9.10. The van der Waals surface area contributed by atoms with Gasteiger partial charge in [0.05, 0.1) is 11.8 Å². The fourth-order valence-corrected chi connectivity index (χ4v) is 3.71. The molecule has 28 heavy (non-hydrogen) atoms. The number of esters is 1. The molecule has 0 bridgehead atoms. The van der Waals surface area contributed by atoms with Gasteiger partial charge in [-0.3, -0.25) is 5.43 Å². The largest absolute Gasteiger partial charge is 0.423 e. The van der Waals surface area contributed by atoms with E-state index in [1.807, 2.05) is 18.2 Å². The molecule has 0 atom stereocenters. The first-order valence-electron chi connectivity index (χ1n) is 9.28. The van der Waals surface area contributed by atoms with Gasteiger partial charge in [0.15, 0.2) is 5.11 Å². The number of rotatable bonds is 5. The Morgan fingerprint density at radius 1 is 1.11 bits per heavy atom. The lowest BCUT2D eigenvalue weighted by Gasteiger charge is -2.23. The number of hydrogen-bond acceptors (Lipinski definition) is 4. The van der Waals surface area contributed by atoms with Gasteiger partial charge in [0.2, 0.25) is 0 Å². The van der Waals surface area contributed by atoms with E-state index in [4.69, 9.17) is 17.0 Å². The van der Waals surface area contributed by atoms with Crippen LogP contribution in [0.5, 0.6) is 5.75 Å². The van der Waals surface area contributed by atoms with Gasteiger partial charge in [0, 0.05) is 10.5 Å². The summed E-state index contributed by atoms with van der Waals surface area (Å²) in [6, 6.07) is 14.7. The predicted molar refractivity (Wildman–Crippen MR) is 119 cm³/mol. The van der Waals surface area contributed by atoms with Crippen LogP contribution in [0.1, 0.15) is 48.0 Å². The number of ether oxygens (including phenoxy) is 1. The topological polar surface area (TPSA) is 62.7 Å². The van der Waals surface area contributed by atoms with Gasteiger partial charge >= 0.3 is 5.97 Å². The molecule has 2 aromatic carbocycles. The molecule has 0 amide bonds. The second-order valence-corrected chi connectivity index (χ2v) is 7.88. The van der Waals surface area contributed by atoms with Crippen LogP contribution in [-0.2, 0) is 0 Å². The smallest absolute Gasteiger partial charge is 0.344 e. The molecule has 0 aromatic heterocycles. The fourth-order valence-electron chi connectivity index (χ4n) is 3.04. The average Bonchev–Trinajstić information content (AvgIpc) is 2.70. The Balaban J connectivity index is 1.48. The number of carbonyl (C=O) groups is 1. The van der Waals surface area contributed by atoms with Crippen LogP contribution in [0.15, 0.2) is 58.1 Å². The quantitative estimate of drug-likeness (QED) is 0.221. The number of hydrogen-bond donors (Lipinski definition) is 2. The monoisotopic (exact) mass is 459 g/mol. The van der Waals surface area contributed by atoms with Crippen molar-refractivity contribution in [3.63, 3.8) is 0 Å². The van der Waals surface area contributed by atoms with Crippen LogP contribution in [-0.4, -0.2) is 23.3 Å². The summed E-state index contributed by atoms with van der Waals surface area (Å²) in [7, 11) is 0. The molecular weight excluding hydrogens is 438 g/mol. The van der Waals surface area contributed by atoms with Crippen molar-refractivity contribution in [1.29, 1.82) is 0 Å². The number of thiocarbonyl (C=S) groups is 1. The van der Waals surface area contributed by atoms with Crippen molar-refractivity contribution < 1.29 is 9.53 Å². The maximum atomic E-state index is 12.2. The van der Waals surface area contributed by atoms with Gasteiger partial charge in [0.25, 0.3) is 0 Å². The summed E-state index contributed by atoms with van der Waals surface area (Å²) < 4.78 is 6.11. The third-order valence-corrected chi connectivity index (χ3v) is 5.41. The van der Waals surface area contributed by atoms with Crippen LogP contribution < -0.4 is 15.5 Å². The Kier molecular flexibility index (Phi) is 7.56. The van der Waals surface area contributed by atoms with E-state index in [2.05, 4.69) is 31.8 Å². The van der Waals surface area contributed by atoms with Crippen molar-refractivity contribution >= 4 is 45.4 Å². The second kappa shape index (κ2) is 10.3. The van der Waals surface area contributed by atoms with Crippen molar-refractivity contribution in [2.45, 2.75) is 38.1 Å². The predicted octanol–water partition coefficient (Wildman–Crippen LogP) is 4.80. The minimum Gasteiger partial charge on any atom is -0.423 e. The molecule has 7 heteroatoms. The number of halogens is 1. The minimum absolute atomic E-state index is 0.408. The van der Waals surface area contributed by atoms with Crippen LogP contribution in [0.2, 0.25) is 0 Å². The number of benzene rings is 2. The van der Waals surface area contributed by atoms with Crippen LogP contribution in [0.3, 0.4) is 0 Å². The van der Waals surface area contributed by atoms with E-state index < -0.39 is 5.97 Å². The number of carbonyl (C=O) groups excluding carboxylic acids is 1. The van der Waals surface area contributed by atoms with E-state index in [9.17, 15) is 4.79 Å². The molecule has 0 saturated heterocycles. The first-order chi connectivity index (χ1) is 13.6. The van der Waals surface area contributed by atoms with E-state index >= 15 is 0 Å². The summed E-state index contributed by atoms with van der Waals surface area (Å²) in [6.45, 7) is 0. The van der Waals surface area contributed by atoms with Gasteiger partial charge in [0.1, 0.15) is 5.75 Å². The minimum atomic E-state index is -0.408. The lowest BCUT2D eigenvalue weighted by atomic mass is 9.96. The third-order valence-electron chi connectivity index (χ3n) is 4.50. The summed E-state index contributed by atoms with van der Waals surface area (Å²) in [6.07, 6.45) is 7.80. The zero-order chi connectivity index (χ0) is 19.8. The zero-order valence-corrected chi connectivity index (χ0v) is 17.8. The maximum Gasteiger partial charge on any atom is 0.344 e. The van der Waals surface area contributed by atoms with Crippen LogP contribution in [0.4, 0.5) is 0 Å². The van der Waals surface area contributed by atoms with E-state index in [1.165, 1.54) is 19.3 Å². The molecule has 1 fully saturated rings. The molecule has 0 aliphatic heterocycles. The van der Waals surface area contributed by atoms with Gasteiger partial charge < -0.3 is 10.1 Å². The normalized spacial score (nSPS) is 14.6. The lowest BCUT2D eigenvalue weighted by Crippen LogP contribution is -2.40. The van der Waals surface area contributed by atoms with Gasteiger partial charge in [-0.2, -0.15) is 5.10 Å². The molecule has 0 unspecified atom stereocenters. The van der Waals surface area contributed by atoms with Gasteiger partial charge in [-0.25, -0.2) is 4.79 Å². The van der Waals surface area contributed by atoms with Crippen LogP contribution in [0, 0.1) is 0 Å². The summed E-state index contributed by atoms with van der Waals surface area (Å²) in [4.78, 5) is 12.2. The van der Waals surface area contributed by atoms with Crippen molar-refractivity contribution in [2.24, 2.45) is 5.10 Å². The molecule has 2 aromatic rings. The first-order valence-corrected chi connectivity index (χ1v) is 10.5. The summed E-state index contributed by atoms with van der Waals surface area (Å²) in [5.74, 6) is 0.0649. The molecule has 1 saturated carbocycles. The number of nitrogens with one attached hydrogen (secondary N) is 2. The van der Waals surface area contributed by atoms with E-state index in [-0.39, 0.29) is 0 Å². The van der Waals surface area contributed by atoms with E-state index in [1.54, 1.807) is 36.5 Å². The third kappa shape index (κ3) is 6.14. The Morgan fingerprint density at radius 2 is 1.82 bits per heavy atom. The zero-order valence-electron chi connectivity index (χ0n) is 15.4. The molecule has 2 N–H and O–H groups in total. The van der Waals surface area contributed by atoms with Gasteiger partial charge in [-0.05, 0) is 83.0 Å². The Labute approximate surface area is 178 Å². The molecule has 1 aliphatic rings. The molecule has 146 valence electrons. The van der Waals surface area contributed by atoms with Crippen molar-refractivity contribution in [3.8, 4) is 5.75 Å². The molecule has 0 radical (unpaired) electrons. The highest BCUT2D eigenvalue weighted by Gasteiger charge is 2.13. The lowest BCUT2D eigenvalue weighted by molar-refractivity contribution is 0.0734. The van der Waals surface area contributed by atoms with E-state index in [0.717, 1.165) is 18.4 Å². The Bertz CT molecular complexity index is 849. The molecule has 0 heterocycles. The molecule has 5 nitrogen and oxygen atoms in total. The highest BCUT2D eigenvalue weighted by Crippen LogP contribution is 2.19. The molecule has 3 rings (SSSR count). The molecule has 0 spiro atoms. The van der Waals surface area contributed by atoms with Crippen molar-refractivity contribution in [3.05, 3.63) is 64.1 Å². The maximum absolute atomic E-state index is 12.2. The van der Waals surface area contributed by atoms with Gasteiger partial charge in [-0.15, -0.1) is 0 Å². The summed E-state index contributed by atoms with van der Waals surface area (Å²) in [5.41, 5.74) is 4.20. The fraction of sp³-hybridized carbons (Fsp3) is 0.286. The van der Waals surface area contributed by atoms with Gasteiger partial charge in [-0.1, -0.05) is 31.4 Å². The number of hydrazone groups is 1. The highest BCUT2D eigenvalue weighted by atomic mass is 79.9. The standard InChI is InChI=1S/C21H22BrN3O2S/c22-19-9-5-4-8-18(19)20(26)27-17-12-10-15(11-13-17)14-23-25-21(28)24-16-6-2-1-3-7-16/h4-5,8-14,16H,1-3,6-7H2,(H2,24,25,28)/b23-14-. The van der Waals surface area contributed by atoms with E-state index in [0.29, 0.717) is 26.9 Å². The average molecular weight is 460 g/mol. The second-order valence-electron chi connectivity index (χ2n) is 6.62. The first kappa shape index (κ1) is 20.5. The number of nitrogens with zero attached hydrogens (tertiary/aromatic N) is 1. The van der Waals surface area contributed by atoms with Crippen LogP contribution >= 0.6 is 28.1 Å². The van der Waals surface area contributed by atoms with Crippen LogP contribution in [0.25, 0.3) is 0 Å². The molecule has 1 aliphatic carbocycles. The Hall–Kier alpha value is -2.25. The Morgan fingerprint density at radius 3 is 2.54 bits per heavy atom. The summed E-state index contributed by atoms with van der Waals surface area (Å²) >= 11 is 8.63.